The predicted octanol–water partition coefficient (Wildman–Crippen LogP) is 3.58. The van der Waals surface area contributed by atoms with Crippen LogP contribution < -0.4 is 15.8 Å². The molecule has 2 N–H and O–H groups in total. The molecule has 0 fully saturated rings. The molecule has 0 atom stereocenters. The number of halogens is 2. The van der Waals surface area contributed by atoms with Crippen molar-refractivity contribution >= 4 is 46.0 Å². The molecule has 2 aromatic carbocycles. The Balaban J connectivity index is 1.65. The molecule has 0 aliphatic heterocycles. The van der Waals surface area contributed by atoms with Crippen molar-refractivity contribution in [1.29, 1.82) is 0 Å². The fourth-order valence-electron chi connectivity index (χ4n) is 2.53. The second kappa shape index (κ2) is 9.72. The van der Waals surface area contributed by atoms with Gasteiger partial charge in [-0.05, 0) is 30.3 Å². The van der Waals surface area contributed by atoms with E-state index < -0.39 is 29.4 Å². The van der Waals surface area contributed by atoms with Gasteiger partial charge in [0.25, 0.3) is 11.8 Å². The molecule has 0 bridgehead atoms. The molecule has 0 spiro atoms. The van der Waals surface area contributed by atoms with E-state index in [9.17, 15) is 23.2 Å². The van der Waals surface area contributed by atoms with Crippen LogP contribution in [0.3, 0.4) is 0 Å². The van der Waals surface area contributed by atoms with E-state index in [2.05, 4.69) is 15.8 Å². The van der Waals surface area contributed by atoms with Gasteiger partial charge in [0.2, 0.25) is 5.91 Å². The highest BCUT2D eigenvalue weighted by Gasteiger charge is 2.20. The second-order valence-corrected chi connectivity index (χ2v) is 6.95. The van der Waals surface area contributed by atoms with Crippen molar-refractivity contribution in [3.05, 3.63) is 82.9 Å². The Morgan fingerprint density at radius 2 is 1.68 bits per heavy atom. The van der Waals surface area contributed by atoms with Gasteiger partial charge in [0.05, 0.1) is 16.9 Å². The molecule has 3 amide bonds. The van der Waals surface area contributed by atoms with Gasteiger partial charge < -0.3 is 0 Å². The number of hydrazine groups is 1. The van der Waals surface area contributed by atoms with Gasteiger partial charge in [-0.1, -0.05) is 24.3 Å². The summed E-state index contributed by atoms with van der Waals surface area (Å²) in [5.74, 6) is -3.21. The summed E-state index contributed by atoms with van der Waals surface area (Å²) in [7, 11) is 0. The first-order chi connectivity index (χ1) is 14.9. The SMILES string of the molecule is CC(=O)N(c1nc(/C=C/C(=O)NNC(=O)c2ccccc2F)cs1)c1ccccc1F. The van der Waals surface area contributed by atoms with E-state index in [1.165, 1.54) is 49.4 Å². The third-order valence-electron chi connectivity index (χ3n) is 3.93. The molecule has 0 unspecified atom stereocenters. The Kier molecular flexibility index (Phi) is 6.83. The van der Waals surface area contributed by atoms with E-state index >= 15 is 0 Å². The number of hydrogen-bond donors (Lipinski definition) is 2. The number of carbonyl (C=O) groups is 3. The molecule has 3 rings (SSSR count). The van der Waals surface area contributed by atoms with Crippen LogP contribution in [-0.2, 0) is 9.59 Å². The van der Waals surface area contributed by atoms with Crippen molar-refractivity contribution in [2.75, 3.05) is 4.90 Å². The highest BCUT2D eigenvalue weighted by atomic mass is 32.1. The zero-order valence-electron chi connectivity index (χ0n) is 16.1. The van der Waals surface area contributed by atoms with Crippen LogP contribution in [0.5, 0.6) is 0 Å². The minimum absolute atomic E-state index is 0.0634. The Bertz CT molecular complexity index is 1160. The van der Waals surface area contributed by atoms with Gasteiger partial charge in [0, 0.05) is 18.4 Å². The maximum atomic E-state index is 14.1. The van der Waals surface area contributed by atoms with E-state index in [0.717, 1.165) is 28.4 Å². The quantitative estimate of drug-likeness (QED) is 0.467. The van der Waals surface area contributed by atoms with Crippen molar-refractivity contribution in [1.82, 2.24) is 15.8 Å². The minimum atomic E-state index is -0.808. The Morgan fingerprint density at radius 3 is 2.35 bits per heavy atom. The number of para-hydroxylation sites is 1. The molecule has 1 heterocycles. The summed E-state index contributed by atoms with van der Waals surface area (Å²) in [5, 5.41) is 1.80. The van der Waals surface area contributed by atoms with Crippen LogP contribution in [0.25, 0.3) is 6.08 Å². The number of benzene rings is 2. The average molecular weight is 442 g/mol. The zero-order chi connectivity index (χ0) is 22.4. The summed E-state index contributed by atoms with van der Waals surface area (Å²) in [4.78, 5) is 41.2. The first kappa shape index (κ1) is 21.8. The van der Waals surface area contributed by atoms with E-state index in [1.54, 1.807) is 11.4 Å². The van der Waals surface area contributed by atoms with Crippen molar-refractivity contribution in [2.45, 2.75) is 6.92 Å². The lowest BCUT2D eigenvalue weighted by Crippen LogP contribution is -2.41. The lowest BCUT2D eigenvalue weighted by Gasteiger charge is -2.18. The van der Waals surface area contributed by atoms with Gasteiger partial charge in [0.1, 0.15) is 11.6 Å². The summed E-state index contributed by atoms with van der Waals surface area (Å²) in [6.07, 6.45) is 2.45. The molecule has 0 aliphatic carbocycles. The highest BCUT2D eigenvalue weighted by molar-refractivity contribution is 7.14. The molecular weight excluding hydrogens is 426 g/mol. The Labute approximate surface area is 180 Å². The van der Waals surface area contributed by atoms with Gasteiger partial charge in [-0.3, -0.25) is 30.1 Å². The van der Waals surface area contributed by atoms with Crippen molar-refractivity contribution in [2.24, 2.45) is 0 Å². The maximum Gasteiger partial charge on any atom is 0.272 e. The lowest BCUT2D eigenvalue weighted by atomic mass is 10.2. The first-order valence-corrected chi connectivity index (χ1v) is 9.78. The number of aromatic nitrogens is 1. The smallest absolute Gasteiger partial charge is 0.272 e. The zero-order valence-corrected chi connectivity index (χ0v) is 17.0. The molecule has 0 radical (unpaired) electrons. The number of nitrogens with one attached hydrogen (secondary N) is 2. The largest absolute Gasteiger partial charge is 0.274 e. The summed E-state index contributed by atoms with van der Waals surface area (Å²) >= 11 is 1.09. The fraction of sp³-hybridized carbons (Fsp3) is 0.0476. The van der Waals surface area contributed by atoms with Crippen molar-refractivity contribution < 1.29 is 23.2 Å². The Morgan fingerprint density at radius 1 is 1.00 bits per heavy atom. The lowest BCUT2D eigenvalue weighted by molar-refractivity contribution is -0.117. The number of carbonyl (C=O) groups excluding carboxylic acids is 3. The van der Waals surface area contributed by atoms with Crippen LogP contribution in [0.2, 0.25) is 0 Å². The van der Waals surface area contributed by atoms with Crippen LogP contribution in [0.1, 0.15) is 23.0 Å². The average Bonchev–Trinajstić information content (AvgIpc) is 3.20. The van der Waals surface area contributed by atoms with Gasteiger partial charge in [0.15, 0.2) is 5.13 Å². The third kappa shape index (κ3) is 5.37. The molecule has 1 aromatic heterocycles. The maximum absolute atomic E-state index is 14.1. The highest BCUT2D eigenvalue weighted by Crippen LogP contribution is 2.30. The molecule has 10 heteroatoms. The van der Waals surface area contributed by atoms with Gasteiger partial charge in [-0.25, -0.2) is 13.8 Å². The van der Waals surface area contributed by atoms with Crippen molar-refractivity contribution in [3.63, 3.8) is 0 Å². The molecule has 31 heavy (non-hydrogen) atoms. The molecule has 3 aromatic rings. The molecule has 7 nitrogen and oxygen atoms in total. The molecular formula is C21H16F2N4O3S. The number of hydrogen-bond acceptors (Lipinski definition) is 5. The van der Waals surface area contributed by atoms with Crippen LogP contribution in [0.15, 0.2) is 60.0 Å². The van der Waals surface area contributed by atoms with Crippen LogP contribution in [-0.4, -0.2) is 22.7 Å². The number of nitrogens with zero attached hydrogens (tertiary/aromatic N) is 2. The summed E-state index contributed by atoms with van der Waals surface area (Å²) in [5.41, 5.74) is 4.42. The van der Waals surface area contributed by atoms with E-state index in [-0.39, 0.29) is 16.4 Å². The number of thiazole rings is 1. The predicted molar refractivity (Wildman–Crippen MR) is 112 cm³/mol. The number of anilines is 2. The van der Waals surface area contributed by atoms with Crippen LogP contribution in [0, 0.1) is 11.6 Å². The van der Waals surface area contributed by atoms with E-state index in [0.29, 0.717) is 5.69 Å². The third-order valence-corrected chi connectivity index (χ3v) is 4.78. The van der Waals surface area contributed by atoms with Gasteiger partial charge in [-0.2, -0.15) is 0 Å². The molecule has 0 aliphatic rings. The monoisotopic (exact) mass is 442 g/mol. The summed E-state index contributed by atoms with van der Waals surface area (Å²) in [6, 6.07) is 11.1. The first-order valence-electron chi connectivity index (χ1n) is 8.90. The van der Waals surface area contributed by atoms with Crippen LogP contribution >= 0.6 is 11.3 Å². The molecule has 0 saturated carbocycles. The standard InChI is InChI=1S/C21H16F2N4O3S/c1-13(28)27(18-9-5-4-8-17(18)23)21-24-14(12-31-21)10-11-19(29)25-26-20(30)15-6-2-3-7-16(15)22/h2-12H,1H3,(H,25,29)(H,26,30)/b11-10+. The van der Waals surface area contributed by atoms with Gasteiger partial charge in [-0.15, -0.1) is 11.3 Å². The number of rotatable bonds is 5. The number of amides is 3. The normalized spacial score (nSPS) is 10.7. The summed E-state index contributed by atoms with van der Waals surface area (Å²) in [6.45, 7) is 1.29. The van der Waals surface area contributed by atoms with E-state index in [1.807, 2.05) is 0 Å². The molecule has 158 valence electrons. The van der Waals surface area contributed by atoms with Gasteiger partial charge >= 0.3 is 0 Å². The molecule has 0 saturated heterocycles. The van der Waals surface area contributed by atoms with E-state index in [4.69, 9.17) is 0 Å². The minimum Gasteiger partial charge on any atom is -0.274 e. The van der Waals surface area contributed by atoms with Crippen molar-refractivity contribution in [3.8, 4) is 0 Å². The Hall–Kier alpha value is -3.92. The van der Waals surface area contributed by atoms with Crippen LogP contribution in [0.4, 0.5) is 19.6 Å². The second-order valence-electron chi connectivity index (χ2n) is 6.12. The fourth-order valence-corrected chi connectivity index (χ4v) is 3.38. The summed E-state index contributed by atoms with van der Waals surface area (Å²) < 4.78 is 27.7. The topological polar surface area (TPSA) is 91.4 Å².